The second kappa shape index (κ2) is 10.8. The average molecular weight is 531 g/mol. The molecule has 1 fully saturated rings. The fourth-order valence-electron chi connectivity index (χ4n) is 3.49. The highest BCUT2D eigenvalue weighted by molar-refractivity contribution is 8.70. The molecule has 1 aliphatic heterocycles. The number of benzene rings is 1. The largest absolute Gasteiger partial charge is 0.421 e. The van der Waals surface area contributed by atoms with Gasteiger partial charge >= 0.3 is 6.18 Å². The van der Waals surface area contributed by atoms with E-state index in [2.05, 4.69) is 32.5 Å². The molecule has 1 aromatic carbocycles. The highest BCUT2D eigenvalue weighted by atomic mass is 33.1. The molecule has 2 aromatic rings. The van der Waals surface area contributed by atoms with E-state index in [1.807, 2.05) is 0 Å². The van der Waals surface area contributed by atoms with E-state index in [0.717, 1.165) is 22.4 Å². The molecule has 2 heterocycles. The summed E-state index contributed by atoms with van der Waals surface area (Å²) in [6, 6.07) is 4.41. The zero-order valence-corrected chi connectivity index (χ0v) is 20.6. The molecule has 9 nitrogen and oxygen atoms in total. The Kier molecular flexibility index (Phi) is 8.28. The van der Waals surface area contributed by atoms with Gasteiger partial charge < -0.3 is 16.0 Å². The molecule has 1 aliphatic rings. The smallest absolute Gasteiger partial charge is 0.350 e. The fraction of sp³-hybridized carbons (Fsp3) is 0.381. The summed E-state index contributed by atoms with van der Waals surface area (Å²) in [4.78, 5) is 19.6. The highest BCUT2D eigenvalue weighted by Crippen LogP contribution is 2.37. The molecule has 1 amide bonds. The van der Waals surface area contributed by atoms with Crippen LogP contribution in [-0.2, 0) is 20.0 Å². The number of aryl methyl sites for hydroxylation is 1. The first-order valence-corrected chi connectivity index (χ1v) is 13.7. The van der Waals surface area contributed by atoms with Gasteiger partial charge in [-0.15, -0.1) is 0 Å². The van der Waals surface area contributed by atoms with Crippen molar-refractivity contribution in [3.63, 3.8) is 0 Å². The minimum atomic E-state index is -4.75. The molecule has 0 bridgehead atoms. The van der Waals surface area contributed by atoms with E-state index in [1.54, 1.807) is 19.1 Å². The Hall–Kier alpha value is -2.84. The number of hydrogen-bond acceptors (Lipinski definition) is 8. The molecule has 1 saturated heterocycles. The molecular formula is C21H25F3N6O3S2. The van der Waals surface area contributed by atoms with Crippen molar-refractivity contribution < 1.29 is 26.4 Å². The number of nitrogens with one attached hydrogen (secondary N) is 3. The van der Waals surface area contributed by atoms with Crippen LogP contribution in [0.25, 0.3) is 0 Å². The van der Waals surface area contributed by atoms with Crippen molar-refractivity contribution in [1.82, 2.24) is 14.3 Å². The molecule has 190 valence electrons. The van der Waals surface area contributed by atoms with Gasteiger partial charge in [-0.2, -0.15) is 22.5 Å². The standard InChI is InChI=1S/C21H25F3N6O3S2/c1-4-18(31)27-17-10-13(2)7-8-16(17)28-19-15(21(22,23)24)11-25-20(29-19)26-14-6-5-9-30(12-14)35(32,33)34-3/h4,7-8,10-11,14H,1,5-6,9,12H2,2-3H3,(H,27,31)(H2,25,26,28,29). The van der Waals surface area contributed by atoms with Gasteiger partial charge in [-0.3, -0.25) is 4.79 Å². The molecule has 1 unspecified atom stereocenters. The summed E-state index contributed by atoms with van der Waals surface area (Å²) in [5.41, 5.74) is 0.120. The minimum absolute atomic E-state index is 0.0855. The number of alkyl halides is 3. The number of piperidine rings is 1. The number of carbonyl (C=O) groups is 1. The van der Waals surface area contributed by atoms with Gasteiger partial charge in [0.1, 0.15) is 11.4 Å². The predicted octanol–water partition coefficient (Wildman–Crippen LogP) is 4.16. The first kappa shape index (κ1) is 26.8. The lowest BCUT2D eigenvalue weighted by atomic mass is 10.1. The lowest BCUT2D eigenvalue weighted by Gasteiger charge is -2.31. The van der Waals surface area contributed by atoms with Crippen LogP contribution in [0, 0.1) is 6.92 Å². The maximum Gasteiger partial charge on any atom is 0.421 e. The normalized spacial score (nSPS) is 17.0. The number of rotatable bonds is 8. The topological polar surface area (TPSA) is 116 Å². The van der Waals surface area contributed by atoms with Gasteiger partial charge in [-0.05, 0) is 60.6 Å². The van der Waals surface area contributed by atoms with E-state index < -0.39 is 32.5 Å². The molecule has 0 radical (unpaired) electrons. The van der Waals surface area contributed by atoms with E-state index in [-0.39, 0.29) is 29.9 Å². The third kappa shape index (κ3) is 6.86. The summed E-state index contributed by atoms with van der Waals surface area (Å²) in [7, 11) is -2.75. The molecule has 0 aliphatic carbocycles. The number of anilines is 4. The van der Waals surface area contributed by atoms with Crippen molar-refractivity contribution >= 4 is 48.9 Å². The van der Waals surface area contributed by atoms with Crippen LogP contribution in [0.4, 0.5) is 36.3 Å². The summed E-state index contributed by atoms with van der Waals surface area (Å²) in [6.45, 7) is 5.66. The van der Waals surface area contributed by atoms with Gasteiger partial charge in [-0.25, -0.2) is 13.4 Å². The first-order chi connectivity index (χ1) is 16.4. The molecule has 3 rings (SSSR count). The SMILES string of the molecule is C=CC(=O)Nc1cc(C)ccc1Nc1nc(NC2CCCN(S(=O)(=O)SC)C2)ncc1C(F)(F)F. The zero-order chi connectivity index (χ0) is 25.8. The van der Waals surface area contributed by atoms with Crippen LogP contribution in [-0.4, -0.2) is 54.0 Å². The number of amides is 1. The molecule has 1 aromatic heterocycles. The Labute approximate surface area is 205 Å². The van der Waals surface area contributed by atoms with Crippen LogP contribution in [0.1, 0.15) is 24.0 Å². The maximum absolute atomic E-state index is 13.7. The Morgan fingerprint density at radius 2 is 2.06 bits per heavy atom. The summed E-state index contributed by atoms with van der Waals surface area (Å²) in [5.74, 6) is -1.13. The van der Waals surface area contributed by atoms with Crippen molar-refractivity contribution in [2.45, 2.75) is 32.0 Å². The van der Waals surface area contributed by atoms with E-state index in [0.29, 0.717) is 25.6 Å². The van der Waals surface area contributed by atoms with E-state index in [9.17, 15) is 26.4 Å². The van der Waals surface area contributed by atoms with Crippen molar-refractivity contribution in [2.24, 2.45) is 0 Å². The van der Waals surface area contributed by atoms with Crippen LogP contribution in [0.15, 0.2) is 37.1 Å². The molecule has 35 heavy (non-hydrogen) atoms. The number of hydrogen-bond donors (Lipinski definition) is 3. The Bertz CT molecular complexity index is 1210. The average Bonchev–Trinajstić information content (AvgIpc) is 2.80. The molecule has 0 saturated carbocycles. The van der Waals surface area contributed by atoms with Crippen molar-refractivity contribution in [1.29, 1.82) is 0 Å². The van der Waals surface area contributed by atoms with Gasteiger partial charge in [0.15, 0.2) is 0 Å². The lowest BCUT2D eigenvalue weighted by Crippen LogP contribution is -2.44. The third-order valence-corrected chi connectivity index (χ3v) is 8.49. The van der Waals surface area contributed by atoms with Gasteiger partial charge in [0.2, 0.25) is 11.9 Å². The Balaban J connectivity index is 1.91. The second-order valence-electron chi connectivity index (χ2n) is 7.79. The molecule has 14 heteroatoms. The van der Waals surface area contributed by atoms with Crippen LogP contribution in [0.5, 0.6) is 0 Å². The number of carbonyl (C=O) groups excluding carboxylic acids is 1. The molecule has 1 atom stereocenters. The Morgan fingerprint density at radius 1 is 1.31 bits per heavy atom. The number of halogens is 3. The molecule has 3 N–H and O–H groups in total. The highest BCUT2D eigenvalue weighted by Gasteiger charge is 2.36. The van der Waals surface area contributed by atoms with Crippen LogP contribution >= 0.6 is 10.8 Å². The van der Waals surface area contributed by atoms with Crippen LogP contribution in [0.3, 0.4) is 0 Å². The summed E-state index contributed by atoms with van der Waals surface area (Å²) < 4.78 is 66.8. The van der Waals surface area contributed by atoms with Gasteiger partial charge in [0.05, 0.1) is 11.4 Å². The van der Waals surface area contributed by atoms with Crippen molar-refractivity contribution in [3.8, 4) is 0 Å². The zero-order valence-electron chi connectivity index (χ0n) is 19.0. The monoisotopic (exact) mass is 530 g/mol. The number of aromatic nitrogens is 2. The Morgan fingerprint density at radius 3 is 2.71 bits per heavy atom. The van der Waals surface area contributed by atoms with E-state index in [1.165, 1.54) is 16.6 Å². The third-order valence-electron chi connectivity index (χ3n) is 5.21. The summed E-state index contributed by atoms with van der Waals surface area (Å²) in [6.07, 6.45) is -0.385. The molecule has 0 spiro atoms. The van der Waals surface area contributed by atoms with Gasteiger partial charge in [0, 0.05) is 25.3 Å². The van der Waals surface area contributed by atoms with E-state index in [4.69, 9.17) is 0 Å². The van der Waals surface area contributed by atoms with Gasteiger partial charge in [-0.1, -0.05) is 12.6 Å². The quantitative estimate of drug-likeness (QED) is 0.344. The maximum atomic E-state index is 13.7. The lowest BCUT2D eigenvalue weighted by molar-refractivity contribution is -0.137. The minimum Gasteiger partial charge on any atom is -0.350 e. The van der Waals surface area contributed by atoms with Crippen LogP contribution in [0.2, 0.25) is 0 Å². The summed E-state index contributed by atoms with van der Waals surface area (Å²) >= 11 is 0. The molecular weight excluding hydrogens is 505 g/mol. The van der Waals surface area contributed by atoms with Crippen LogP contribution < -0.4 is 16.0 Å². The van der Waals surface area contributed by atoms with Crippen molar-refractivity contribution in [2.75, 3.05) is 35.3 Å². The second-order valence-corrected chi connectivity index (χ2v) is 11.8. The fourth-order valence-corrected chi connectivity index (χ4v) is 5.45. The number of nitrogens with zero attached hydrogens (tertiary/aromatic N) is 3. The first-order valence-electron chi connectivity index (χ1n) is 10.5. The van der Waals surface area contributed by atoms with E-state index >= 15 is 0 Å². The van der Waals surface area contributed by atoms with Gasteiger partial charge in [0.25, 0.3) is 9.06 Å². The summed E-state index contributed by atoms with van der Waals surface area (Å²) in [5, 5.41) is 8.16. The van der Waals surface area contributed by atoms with Crippen molar-refractivity contribution in [3.05, 3.63) is 48.2 Å². The predicted molar refractivity (Wildman–Crippen MR) is 131 cm³/mol.